The number of fused-ring (bicyclic) bond motifs is 2. The smallest absolute Gasteiger partial charge is 0.271 e. The minimum Gasteiger partial charge on any atom is -0.493 e. The molecular weight excluding hydrogens is 686 g/mol. The van der Waals surface area contributed by atoms with Gasteiger partial charge in [-0.15, -0.1) is 0 Å². The highest BCUT2D eigenvalue weighted by atomic mass is 32.2. The summed E-state index contributed by atoms with van der Waals surface area (Å²) in [6, 6.07) is 14.1. The SMILES string of the molecule is COc1cc2c(Oc3ccc(NC(=O)c4c5c(cn(-c6ccc(F)cc6)c4=O)CCO5)cc3F)ccnc2cc1OCCN1CCS(=O)(=O)CC1. The molecule has 4 heterocycles. The van der Waals surface area contributed by atoms with E-state index >= 15 is 4.39 Å². The Morgan fingerprint density at radius 1 is 0.980 bits per heavy atom. The number of halogens is 2. The van der Waals surface area contributed by atoms with Gasteiger partial charge >= 0.3 is 0 Å². The molecule has 1 amide bonds. The minimum atomic E-state index is -2.98. The summed E-state index contributed by atoms with van der Waals surface area (Å²) in [5, 5.41) is 3.11. The second-order valence-electron chi connectivity index (χ2n) is 12.0. The summed E-state index contributed by atoms with van der Waals surface area (Å²) in [4.78, 5) is 33.4. The minimum absolute atomic E-state index is 0.0717. The molecule has 0 aliphatic carbocycles. The molecule has 0 atom stereocenters. The molecule has 5 aromatic rings. The summed E-state index contributed by atoms with van der Waals surface area (Å²) in [6.07, 6.45) is 3.55. The number of carbonyl (C=O) groups is 1. The third-order valence-electron chi connectivity index (χ3n) is 8.68. The molecule has 3 aromatic carbocycles. The van der Waals surface area contributed by atoms with Crippen LogP contribution in [0.15, 0.2) is 77.9 Å². The number of sulfone groups is 1. The van der Waals surface area contributed by atoms with Crippen molar-refractivity contribution in [1.29, 1.82) is 0 Å². The van der Waals surface area contributed by atoms with Crippen LogP contribution in [0, 0.1) is 11.6 Å². The van der Waals surface area contributed by atoms with Gasteiger partial charge in [0.1, 0.15) is 29.5 Å². The number of rotatable bonds is 10. The maximum Gasteiger partial charge on any atom is 0.271 e. The molecule has 1 saturated heterocycles. The number of pyridine rings is 2. The van der Waals surface area contributed by atoms with E-state index in [4.69, 9.17) is 18.9 Å². The van der Waals surface area contributed by atoms with Crippen LogP contribution < -0.4 is 29.8 Å². The second-order valence-corrected chi connectivity index (χ2v) is 14.3. The van der Waals surface area contributed by atoms with E-state index in [2.05, 4.69) is 10.3 Å². The van der Waals surface area contributed by atoms with Gasteiger partial charge in [-0.2, -0.15) is 0 Å². The predicted molar refractivity (Wildman–Crippen MR) is 185 cm³/mol. The summed E-state index contributed by atoms with van der Waals surface area (Å²) >= 11 is 0. The number of benzene rings is 3. The number of ether oxygens (including phenoxy) is 4. The van der Waals surface area contributed by atoms with Crippen LogP contribution in [0.3, 0.4) is 0 Å². The third-order valence-corrected chi connectivity index (χ3v) is 10.3. The van der Waals surface area contributed by atoms with Crippen molar-refractivity contribution in [3.8, 4) is 34.4 Å². The molecule has 1 N–H and O–H groups in total. The molecule has 2 aliphatic heterocycles. The van der Waals surface area contributed by atoms with Gasteiger partial charge in [-0.05, 0) is 48.5 Å². The highest BCUT2D eigenvalue weighted by molar-refractivity contribution is 7.91. The first-order valence-electron chi connectivity index (χ1n) is 16.1. The van der Waals surface area contributed by atoms with E-state index in [0.29, 0.717) is 66.3 Å². The molecule has 0 radical (unpaired) electrons. The largest absolute Gasteiger partial charge is 0.493 e. The van der Waals surface area contributed by atoms with Crippen molar-refractivity contribution < 1.29 is 40.9 Å². The Morgan fingerprint density at radius 3 is 2.51 bits per heavy atom. The van der Waals surface area contributed by atoms with Crippen molar-refractivity contribution >= 4 is 32.3 Å². The number of anilines is 1. The lowest BCUT2D eigenvalue weighted by atomic mass is 10.1. The van der Waals surface area contributed by atoms with E-state index < -0.39 is 32.9 Å². The topological polar surface area (TPSA) is 138 Å². The van der Waals surface area contributed by atoms with Gasteiger partial charge in [-0.1, -0.05) is 0 Å². The number of nitrogens with one attached hydrogen (secondary N) is 1. The quantitative estimate of drug-likeness (QED) is 0.215. The summed E-state index contributed by atoms with van der Waals surface area (Å²) in [5.74, 6) is -0.648. The van der Waals surface area contributed by atoms with E-state index in [1.54, 1.807) is 24.4 Å². The number of methoxy groups -OCH3 is 1. The van der Waals surface area contributed by atoms with E-state index in [9.17, 15) is 22.4 Å². The Morgan fingerprint density at radius 2 is 1.76 bits per heavy atom. The van der Waals surface area contributed by atoms with Gasteiger partial charge in [0.15, 0.2) is 32.9 Å². The van der Waals surface area contributed by atoms with Crippen molar-refractivity contribution in [2.75, 3.05) is 56.8 Å². The highest BCUT2D eigenvalue weighted by Gasteiger charge is 2.27. The van der Waals surface area contributed by atoms with Crippen molar-refractivity contribution in [3.63, 3.8) is 0 Å². The number of aromatic nitrogens is 2. The molecule has 2 aliphatic rings. The van der Waals surface area contributed by atoms with Crippen LogP contribution in [-0.4, -0.2) is 80.2 Å². The van der Waals surface area contributed by atoms with E-state index in [-0.39, 0.29) is 46.6 Å². The first-order chi connectivity index (χ1) is 24.6. The van der Waals surface area contributed by atoms with Crippen LogP contribution in [0.5, 0.6) is 28.7 Å². The number of amides is 1. The molecule has 2 aromatic heterocycles. The Kier molecular flexibility index (Phi) is 9.31. The Bertz CT molecular complexity index is 2300. The average Bonchev–Trinajstić information content (AvgIpc) is 3.58. The fraction of sp³-hybridized carbons (Fsp3) is 0.250. The van der Waals surface area contributed by atoms with Crippen molar-refractivity contribution in [1.82, 2.24) is 14.5 Å². The van der Waals surface area contributed by atoms with E-state index in [0.717, 1.165) is 6.07 Å². The number of nitrogens with zero attached hydrogens (tertiary/aromatic N) is 3. The van der Waals surface area contributed by atoms with Crippen molar-refractivity contribution in [2.24, 2.45) is 0 Å². The normalized spacial score (nSPS) is 15.2. The predicted octanol–water partition coefficient (Wildman–Crippen LogP) is 4.76. The Hall–Kier alpha value is -5.54. The van der Waals surface area contributed by atoms with Gasteiger partial charge in [-0.25, -0.2) is 17.2 Å². The third kappa shape index (κ3) is 7.21. The summed E-state index contributed by atoms with van der Waals surface area (Å²) in [5.41, 5.74) is 0.654. The van der Waals surface area contributed by atoms with Crippen LogP contribution >= 0.6 is 0 Å². The lowest BCUT2D eigenvalue weighted by Crippen LogP contribution is -2.42. The number of carbonyl (C=O) groups excluding carboxylic acids is 1. The molecule has 0 saturated carbocycles. The van der Waals surface area contributed by atoms with Crippen LogP contribution in [0.2, 0.25) is 0 Å². The molecule has 264 valence electrons. The lowest BCUT2D eigenvalue weighted by Gasteiger charge is -2.26. The summed E-state index contributed by atoms with van der Waals surface area (Å²) in [6.45, 7) is 2.03. The molecule has 1 fully saturated rings. The average molecular weight is 719 g/mol. The first-order valence-corrected chi connectivity index (χ1v) is 17.9. The second kappa shape index (κ2) is 14.0. The molecule has 0 unspecified atom stereocenters. The summed E-state index contributed by atoms with van der Waals surface area (Å²) < 4.78 is 76.8. The highest BCUT2D eigenvalue weighted by Crippen LogP contribution is 2.38. The van der Waals surface area contributed by atoms with Crippen molar-refractivity contribution in [3.05, 3.63) is 106 Å². The van der Waals surface area contributed by atoms with Gasteiger partial charge in [-0.3, -0.25) is 24.0 Å². The van der Waals surface area contributed by atoms with Gasteiger partial charge in [0.25, 0.3) is 11.5 Å². The van der Waals surface area contributed by atoms with Crippen LogP contribution in [0.1, 0.15) is 15.9 Å². The molecular formula is C36H32F2N4O8S. The fourth-order valence-electron chi connectivity index (χ4n) is 5.97. The molecule has 15 heteroatoms. The van der Waals surface area contributed by atoms with Gasteiger partial charge in [0.2, 0.25) is 0 Å². The van der Waals surface area contributed by atoms with Crippen LogP contribution in [0.4, 0.5) is 14.5 Å². The first kappa shape index (κ1) is 33.9. The maximum absolute atomic E-state index is 15.5. The number of hydrogen-bond donors (Lipinski definition) is 1. The molecule has 0 bridgehead atoms. The fourth-order valence-corrected chi connectivity index (χ4v) is 7.25. The monoisotopic (exact) mass is 718 g/mol. The summed E-state index contributed by atoms with van der Waals surface area (Å²) in [7, 11) is -1.49. The van der Waals surface area contributed by atoms with Gasteiger partial charge in [0, 0.05) is 72.9 Å². The molecule has 7 rings (SSSR count). The van der Waals surface area contributed by atoms with Crippen molar-refractivity contribution in [2.45, 2.75) is 6.42 Å². The van der Waals surface area contributed by atoms with E-state index in [1.165, 1.54) is 54.3 Å². The number of hydrogen-bond acceptors (Lipinski definition) is 10. The van der Waals surface area contributed by atoms with Gasteiger partial charge in [0.05, 0.1) is 30.7 Å². The maximum atomic E-state index is 15.5. The zero-order valence-electron chi connectivity index (χ0n) is 27.4. The Balaban J connectivity index is 1.07. The van der Waals surface area contributed by atoms with E-state index in [1.807, 2.05) is 4.90 Å². The lowest BCUT2D eigenvalue weighted by molar-refractivity contribution is 0.102. The molecule has 0 spiro atoms. The zero-order valence-corrected chi connectivity index (χ0v) is 28.2. The molecule has 51 heavy (non-hydrogen) atoms. The van der Waals surface area contributed by atoms with Gasteiger partial charge < -0.3 is 24.3 Å². The van der Waals surface area contributed by atoms with Crippen LogP contribution in [-0.2, 0) is 16.3 Å². The van der Waals surface area contributed by atoms with Crippen LogP contribution in [0.25, 0.3) is 16.6 Å². The zero-order chi connectivity index (χ0) is 35.7. The standard InChI is InChI=1S/C36H32F2N4O8S/c1-47-31-19-26-28(20-32(31)48-15-11-41-12-16-51(45,46)17-13-41)39-10-8-29(26)50-30-7-4-24(18-27(30)38)40-35(43)33-34-22(9-14-49-34)21-42(36(33)44)25-5-2-23(37)3-6-25/h2-8,10,18-21H,9,11-17H2,1H3,(H,40,43). The molecule has 12 nitrogen and oxygen atoms in total. The Labute approximate surface area is 291 Å².